The van der Waals surface area contributed by atoms with Gasteiger partial charge in [0, 0.05) is 18.2 Å². The molecule has 21 heavy (non-hydrogen) atoms. The van der Waals surface area contributed by atoms with Crippen LogP contribution < -0.4 is 15.2 Å². The van der Waals surface area contributed by atoms with Gasteiger partial charge in [-0.2, -0.15) is 0 Å². The van der Waals surface area contributed by atoms with Gasteiger partial charge in [-0.25, -0.2) is 0 Å². The number of nitrogens with two attached hydrogens (primary N) is 1. The average Bonchev–Trinajstić information content (AvgIpc) is 2.52. The predicted octanol–water partition coefficient (Wildman–Crippen LogP) is 3.82. The molecule has 2 aromatic rings. The van der Waals surface area contributed by atoms with Crippen molar-refractivity contribution in [2.45, 2.75) is 33.4 Å². The third-order valence-electron chi connectivity index (χ3n) is 3.25. The number of hydrogen-bond acceptors (Lipinski definition) is 3. The van der Waals surface area contributed by atoms with Gasteiger partial charge < -0.3 is 15.2 Å². The van der Waals surface area contributed by atoms with Gasteiger partial charge in [0.25, 0.3) is 0 Å². The van der Waals surface area contributed by atoms with E-state index in [0.717, 1.165) is 29.0 Å². The summed E-state index contributed by atoms with van der Waals surface area (Å²) >= 11 is 0. The first kappa shape index (κ1) is 15.4. The minimum Gasteiger partial charge on any atom is -0.493 e. The Hall–Kier alpha value is -2.00. The summed E-state index contributed by atoms with van der Waals surface area (Å²) in [5.74, 6) is 1.62. The highest BCUT2D eigenvalue weighted by atomic mass is 16.5. The Morgan fingerprint density at radius 3 is 2.43 bits per heavy atom. The minimum absolute atomic E-state index is 0.456. The molecule has 0 atom stereocenters. The van der Waals surface area contributed by atoms with Crippen molar-refractivity contribution >= 4 is 0 Å². The highest BCUT2D eigenvalue weighted by molar-refractivity contribution is 5.41. The van der Waals surface area contributed by atoms with Crippen LogP contribution in [0.1, 0.15) is 30.0 Å². The average molecular weight is 285 g/mol. The maximum Gasteiger partial charge on any atom is 0.127 e. The Kier molecular flexibility index (Phi) is 5.64. The van der Waals surface area contributed by atoms with Gasteiger partial charge >= 0.3 is 0 Å². The summed E-state index contributed by atoms with van der Waals surface area (Å²) in [7, 11) is 0. The predicted molar refractivity (Wildman–Crippen MR) is 85.6 cm³/mol. The molecule has 0 radical (unpaired) electrons. The molecule has 0 saturated carbocycles. The maximum absolute atomic E-state index is 5.91. The Morgan fingerprint density at radius 1 is 1.00 bits per heavy atom. The Labute approximate surface area is 126 Å². The molecule has 0 aromatic heterocycles. The SMILES string of the molecule is CCCOc1ccc(CN)c(OCc2ccc(C)cc2)c1. The first-order chi connectivity index (χ1) is 10.2. The standard InChI is InChI=1S/C18H23NO2/c1-3-10-20-17-9-8-16(12-19)18(11-17)21-13-15-6-4-14(2)5-7-15/h4-9,11H,3,10,12-13,19H2,1-2H3. The molecule has 0 saturated heterocycles. The number of hydrogen-bond donors (Lipinski definition) is 1. The smallest absolute Gasteiger partial charge is 0.127 e. The third-order valence-corrected chi connectivity index (χ3v) is 3.25. The topological polar surface area (TPSA) is 44.5 Å². The van der Waals surface area contributed by atoms with E-state index >= 15 is 0 Å². The third kappa shape index (κ3) is 4.50. The lowest BCUT2D eigenvalue weighted by Gasteiger charge is -2.13. The number of benzene rings is 2. The lowest BCUT2D eigenvalue weighted by Crippen LogP contribution is -2.04. The summed E-state index contributed by atoms with van der Waals surface area (Å²) in [4.78, 5) is 0. The first-order valence-electron chi connectivity index (χ1n) is 7.37. The zero-order chi connectivity index (χ0) is 15.1. The van der Waals surface area contributed by atoms with Crippen molar-refractivity contribution in [3.05, 3.63) is 59.2 Å². The minimum atomic E-state index is 0.456. The molecular formula is C18H23NO2. The van der Waals surface area contributed by atoms with Crippen molar-refractivity contribution in [3.8, 4) is 11.5 Å². The van der Waals surface area contributed by atoms with Crippen molar-refractivity contribution in [1.82, 2.24) is 0 Å². The summed E-state index contributed by atoms with van der Waals surface area (Å²) < 4.78 is 11.6. The second-order valence-corrected chi connectivity index (χ2v) is 5.10. The number of aryl methyl sites for hydroxylation is 1. The molecule has 0 aliphatic carbocycles. The van der Waals surface area contributed by atoms with E-state index in [9.17, 15) is 0 Å². The van der Waals surface area contributed by atoms with Crippen molar-refractivity contribution in [2.75, 3.05) is 6.61 Å². The molecule has 0 amide bonds. The molecule has 2 aromatic carbocycles. The van der Waals surface area contributed by atoms with E-state index in [2.05, 4.69) is 38.1 Å². The molecule has 2 N–H and O–H groups in total. The normalized spacial score (nSPS) is 10.4. The van der Waals surface area contributed by atoms with E-state index in [1.807, 2.05) is 18.2 Å². The first-order valence-corrected chi connectivity index (χ1v) is 7.37. The second kappa shape index (κ2) is 7.70. The van der Waals surface area contributed by atoms with E-state index in [-0.39, 0.29) is 0 Å². The van der Waals surface area contributed by atoms with Crippen LogP contribution >= 0.6 is 0 Å². The molecule has 0 unspecified atom stereocenters. The Balaban J connectivity index is 2.07. The van der Waals surface area contributed by atoms with E-state index < -0.39 is 0 Å². The summed E-state index contributed by atoms with van der Waals surface area (Å²) in [5.41, 5.74) is 9.15. The van der Waals surface area contributed by atoms with Crippen LogP contribution in [-0.2, 0) is 13.2 Å². The fourth-order valence-electron chi connectivity index (χ4n) is 1.99. The van der Waals surface area contributed by atoms with Crippen LogP contribution in [0.4, 0.5) is 0 Å². The lowest BCUT2D eigenvalue weighted by molar-refractivity contribution is 0.292. The van der Waals surface area contributed by atoms with Gasteiger partial charge in [-0.3, -0.25) is 0 Å². The molecule has 0 bridgehead atoms. The van der Waals surface area contributed by atoms with Gasteiger partial charge in [-0.1, -0.05) is 42.8 Å². The van der Waals surface area contributed by atoms with Crippen LogP contribution in [0.25, 0.3) is 0 Å². The molecule has 0 aliphatic rings. The Bertz CT molecular complexity index is 564. The molecule has 0 fully saturated rings. The van der Waals surface area contributed by atoms with E-state index in [0.29, 0.717) is 19.8 Å². The molecular weight excluding hydrogens is 262 g/mol. The van der Waals surface area contributed by atoms with Gasteiger partial charge in [0.15, 0.2) is 0 Å². The van der Waals surface area contributed by atoms with E-state index in [1.54, 1.807) is 0 Å². The highest BCUT2D eigenvalue weighted by Gasteiger charge is 2.05. The maximum atomic E-state index is 5.91. The highest BCUT2D eigenvalue weighted by Crippen LogP contribution is 2.25. The van der Waals surface area contributed by atoms with Crippen LogP contribution in [0, 0.1) is 6.92 Å². The molecule has 3 heteroatoms. The lowest BCUT2D eigenvalue weighted by atomic mass is 10.1. The zero-order valence-electron chi connectivity index (χ0n) is 12.8. The second-order valence-electron chi connectivity index (χ2n) is 5.10. The van der Waals surface area contributed by atoms with Gasteiger partial charge in [-0.05, 0) is 25.0 Å². The molecule has 3 nitrogen and oxygen atoms in total. The van der Waals surface area contributed by atoms with Gasteiger partial charge in [0.2, 0.25) is 0 Å². The number of ether oxygens (including phenoxy) is 2. The number of rotatable bonds is 7. The van der Waals surface area contributed by atoms with Crippen LogP contribution in [0.3, 0.4) is 0 Å². The van der Waals surface area contributed by atoms with Gasteiger partial charge in [0.05, 0.1) is 6.61 Å². The molecule has 2 rings (SSSR count). The molecule has 0 spiro atoms. The monoisotopic (exact) mass is 285 g/mol. The Morgan fingerprint density at radius 2 is 1.76 bits per heavy atom. The summed E-state index contributed by atoms with van der Waals surface area (Å²) in [6.07, 6.45) is 0.984. The van der Waals surface area contributed by atoms with Crippen molar-refractivity contribution in [3.63, 3.8) is 0 Å². The van der Waals surface area contributed by atoms with Gasteiger partial charge in [0.1, 0.15) is 18.1 Å². The van der Waals surface area contributed by atoms with Crippen molar-refractivity contribution in [2.24, 2.45) is 5.73 Å². The molecule has 0 aliphatic heterocycles. The van der Waals surface area contributed by atoms with E-state index in [1.165, 1.54) is 5.56 Å². The van der Waals surface area contributed by atoms with Crippen LogP contribution in [0.15, 0.2) is 42.5 Å². The van der Waals surface area contributed by atoms with Crippen LogP contribution in [0.2, 0.25) is 0 Å². The van der Waals surface area contributed by atoms with Crippen LogP contribution in [-0.4, -0.2) is 6.61 Å². The van der Waals surface area contributed by atoms with Crippen molar-refractivity contribution < 1.29 is 9.47 Å². The van der Waals surface area contributed by atoms with Crippen molar-refractivity contribution in [1.29, 1.82) is 0 Å². The fraction of sp³-hybridized carbons (Fsp3) is 0.333. The van der Waals surface area contributed by atoms with Gasteiger partial charge in [-0.15, -0.1) is 0 Å². The van der Waals surface area contributed by atoms with E-state index in [4.69, 9.17) is 15.2 Å². The summed E-state index contributed by atoms with van der Waals surface area (Å²) in [6, 6.07) is 14.2. The zero-order valence-corrected chi connectivity index (χ0v) is 12.8. The summed E-state index contributed by atoms with van der Waals surface area (Å²) in [5, 5.41) is 0. The largest absolute Gasteiger partial charge is 0.493 e. The fourth-order valence-corrected chi connectivity index (χ4v) is 1.99. The quantitative estimate of drug-likeness (QED) is 0.841. The summed E-state index contributed by atoms with van der Waals surface area (Å²) in [6.45, 7) is 5.86. The molecule has 0 heterocycles. The molecule has 112 valence electrons. The van der Waals surface area contributed by atoms with Crippen LogP contribution in [0.5, 0.6) is 11.5 Å².